The fraction of sp³-hybridized carbons (Fsp3) is 0.444. The smallest absolute Gasteiger partial charge is 0.206 e. The molecule has 4 aromatic rings. The average Bonchev–Trinajstić information content (AvgIpc) is 3.36. The number of para-hydroxylation sites is 1. The molecule has 1 saturated heterocycles. The monoisotopic (exact) mass is 521 g/mol. The number of anilines is 1. The summed E-state index contributed by atoms with van der Waals surface area (Å²) in [5.41, 5.74) is 9.66. The van der Waals surface area contributed by atoms with Gasteiger partial charge in [0.1, 0.15) is 31.6 Å². The first-order valence-corrected chi connectivity index (χ1v) is 16.3. The van der Waals surface area contributed by atoms with E-state index in [9.17, 15) is 0 Å². The maximum absolute atomic E-state index is 6.49. The Morgan fingerprint density at radius 2 is 1.97 bits per heavy atom. The van der Waals surface area contributed by atoms with Gasteiger partial charge in [-0.25, -0.2) is 9.97 Å². The van der Waals surface area contributed by atoms with Crippen LogP contribution in [0.3, 0.4) is 0 Å². The number of benzene rings is 1. The van der Waals surface area contributed by atoms with Gasteiger partial charge >= 0.3 is 0 Å². The molecule has 0 saturated carbocycles. The van der Waals surface area contributed by atoms with Crippen LogP contribution in [-0.4, -0.2) is 59.3 Å². The summed E-state index contributed by atoms with van der Waals surface area (Å²) in [5, 5.41) is 1.73. The number of nitrogens with two attached hydrogens (primary N) is 1. The van der Waals surface area contributed by atoms with E-state index >= 15 is 0 Å². The highest BCUT2D eigenvalue weighted by Gasteiger charge is 2.34. The molecule has 196 valence electrons. The fourth-order valence-corrected chi connectivity index (χ4v) is 5.23. The first-order chi connectivity index (χ1) is 17.6. The van der Waals surface area contributed by atoms with Crippen molar-refractivity contribution in [2.75, 3.05) is 25.6 Å². The van der Waals surface area contributed by atoms with Gasteiger partial charge in [-0.05, 0) is 32.0 Å². The second-order valence-electron chi connectivity index (χ2n) is 11.1. The van der Waals surface area contributed by atoms with Gasteiger partial charge in [0, 0.05) is 31.8 Å². The molecule has 0 radical (unpaired) electrons. The van der Waals surface area contributed by atoms with Gasteiger partial charge in [0.2, 0.25) is 5.88 Å². The van der Waals surface area contributed by atoms with E-state index in [4.69, 9.17) is 24.7 Å². The summed E-state index contributed by atoms with van der Waals surface area (Å²) >= 11 is 0. The average molecular weight is 522 g/mol. The van der Waals surface area contributed by atoms with Crippen molar-refractivity contribution in [1.29, 1.82) is 0 Å². The molecular weight excluding hydrogens is 486 g/mol. The van der Waals surface area contributed by atoms with Crippen LogP contribution in [0.1, 0.15) is 13.8 Å². The molecule has 1 atom stereocenters. The number of aromatic nitrogens is 4. The van der Waals surface area contributed by atoms with E-state index in [1.807, 2.05) is 48.9 Å². The van der Waals surface area contributed by atoms with Gasteiger partial charge in [0.15, 0.2) is 11.4 Å². The Balaban J connectivity index is 1.58. The summed E-state index contributed by atoms with van der Waals surface area (Å²) in [4.78, 5) is 13.6. The largest absolute Gasteiger partial charge is 0.475 e. The van der Waals surface area contributed by atoms with Gasteiger partial charge < -0.3 is 24.7 Å². The van der Waals surface area contributed by atoms with E-state index in [2.05, 4.69) is 40.7 Å². The van der Waals surface area contributed by atoms with E-state index in [0.29, 0.717) is 42.6 Å². The molecule has 1 aliphatic rings. The highest BCUT2D eigenvalue weighted by molar-refractivity contribution is 6.76. The second-order valence-corrected chi connectivity index (χ2v) is 16.7. The summed E-state index contributed by atoms with van der Waals surface area (Å²) in [6.45, 7) is 12.5. The quantitative estimate of drug-likeness (QED) is 0.240. The van der Waals surface area contributed by atoms with E-state index in [1.54, 1.807) is 0 Å². The van der Waals surface area contributed by atoms with Crippen molar-refractivity contribution >= 4 is 35.8 Å². The Morgan fingerprint density at radius 3 is 2.73 bits per heavy atom. The number of rotatable bonds is 9. The Kier molecular flexibility index (Phi) is 6.93. The molecular formula is C27H35N5O4Si. The number of nitrogen functional groups attached to an aromatic ring is 1. The summed E-state index contributed by atoms with van der Waals surface area (Å²) in [7, 11) is -1.24. The number of nitrogens with zero attached hydrogens (tertiary/aromatic N) is 4. The van der Waals surface area contributed by atoms with Crippen molar-refractivity contribution in [3.63, 3.8) is 0 Å². The summed E-state index contributed by atoms with van der Waals surface area (Å²) in [6, 6.07) is 11.1. The number of hydrogen-bond donors (Lipinski definition) is 1. The molecule has 3 aromatic heterocycles. The lowest BCUT2D eigenvalue weighted by atomic mass is 10.1. The molecule has 0 bridgehead atoms. The fourth-order valence-electron chi connectivity index (χ4n) is 4.47. The molecule has 1 aromatic carbocycles. The number of pyridine rings is 1. The lowest BCUT2D eigenvalue weighted by Gasteiger charge is -2.19. The van der Waals surface area contributed by atoms with E-state index in [-0.39, 0.29) is 12.8 Å². The molecule has 4 heterocycles. The van der Waals surface area contributed by atoms with E-state index < -0.39 is 13.9 Å². The van der Waals surface area contributed by atoms with Crippen LogP contribution in [0, 0.1) is 0 Å². The molecule has 37 heavy (non-hydrogen) atoms. The molecule has 1 unspecified atom stereocenters. The highest BCUT2D eigenvalue weighted by atomic mass is 28.3. The minimum absolute atomic E-state index is 0.208. The number of hydrogen-bond acceptors (Lipinski definition) is 8. The van der Waals surface area contributed by atoms with Crippen molar-refractivity contribution < 1.29 is 18.9 Å². The first-order valence-electron chi connectivity index (χ1n) is 12.6. The Hall–Kier alpha value is -3.05. The van der Waals surface area contributed by atoms with Gasteiger partial charge in [-0.3, -0.25) is 9.55 Å². The van der Waals surface area contributed by atoms with Gasteiger partial charge in [-0.2, -0.15) is 0 Å². The van der Waals surface area contributed by atoms with Crippen molar-refractivity contribution in [1.82, 2.24) is 19.5 Å². The van der Waals surface area contributed by atoms with Crippen molar-refractivity contribution in [3.05, 3.63) is 42.9 Å². The standard InChI is InChI=1S/C27H35N5O4Si/c1-27(2)35-15-20(36-27)14-34-26-22(19-12-18-8-6-7-9-21(18)29-13-19)23-24(28)30-16-31-25(23)32(26)17-33-10-11-37(3,4)5/h6-9,12-13,16,20H,10-11,14-15,17H2,1-5H3,(H2,28,30,31). The van der Waals surface area contributed by atoms with Crippen LogP contribution < -0.4 is 10.5 Å². The summed E-state index contributed by atoms with van der Waals surface area (Å²) in [6.07, 6.45) is 3.10. The zero-order valence-electron chi connectivity index (χ0n) is 22.2. The minimum Gasteiger partial charge on any atom is -0.475 e. The maximum Gasteiger partial charge on any atom is 0.206 e. The normalized spacial score (nSPS) is 17.6. The molecule has 0 aliphatic carbocycles. The predicted octanol–water partition coefficient (Wildman–Crippen LogP) is 5.07. The van der Waals surface area contributed by atoms with E-state index in [1.165, 1.54) is 6.33 Å². The zero-order chi connectivity index (χ0) is 26.2. The lowest BCUT2D eigenvalue weighted by Crippen LogP contribution is -2.25. The molecule has 0 amide bonds. The minimum atomic E-state index is -1.24. The second kappa shape index (κ2) is 10.0. The molecule has 9 nitrogen and oxygen atoms in total. The summed E-state index contributed by atoms with van der Waals surface area (Å²) in [5.74, 6) is 0.336. The van der Waals surface area contributed by atoms with Crippen LogP contribution in [0.2, 0.25) is 25.7 Å². The van der Waals surface area contributed by atoms with Crippen molar-refractivity contribution in [3.8, 4) is 17.0 Å². The third-order valence-electron chi connectivity index (χ3n) is 6.39. The Morgan fingerprint density at radius 1 is 1.16 bits per heavy atom. The van der Waals surface area contributed by atoms with Crippen LogP contribution in [0.5, 0.6) is 5.88 Å². The Bertz CT molecular complexity index is 1420. The Labute approximate surface area is 217 Å². The molecule has 10 heteroatoms. The molecule has 1 fully saturated rings. The third-order valence-corrected chi connectivity index (χ3v) is 8.09. The van der Waals surface area contributed by atoms with Gasteiger partial charge in [-0.15, -0.1) is 0 Å². The van der Waals surface area contributed by atoms with Crippen molar-refractivity contribution in [2.24, 2.45) is 0 Å². The van der Waals surface area contributed by atoms with Gasteiger partial charge in [0.25, 0.3) is 0 Å². The molecule has 1 aliphatic heterocycles. The van der Waals surface area contributed by atoms with Gasteiger partial charge in [0.05, 0.1) is 23.1 Å². The number of ether oxygens (including phenoxy) is 4. The SMILES string of the molecule is CC1(C)OCC(COc2c(-c3cnc4ccccc4c3)c3c(N)ncnc3n2COCC[Si](C)(C)C)O1. The van der Waals surface area contributed by atoms with E-state index in [0.717, 1.165) is 28.1 Å². The third kappa shape index (κ3) is 5.62. The zero-order valence-corrected chi connectivity index (χ0v) is 23.2. The number of fused-ring (bicyclic) bond motifs is 2. The molecule has 0 spiro atoms. The van der Waals surface area contributed by atoms with Crippen LogP contribution in [0.4, 0.5) is 5.82 Å². The van der Waals surface area contributed by atoms with Crippen LogP contribution in [-0.2, 0) is 20.9 Å². The van der Waals surface area contributed by atoms with Crippen molar-refractivity contribution in [2.45, 2.75) is 58.2 Å². The van der Waals surface area contributed by atoms with Crippen LogP contribution >= 0.6 is 0 Å². The first kappa shape index (κ1) is 25.6. The maximum atomic E-state index is 6.49. The lowest BCUT2D eigenvalue weighted by molar-refractivity contribution is -0.141. The van der Waals surface area contributed by atoms with Crippen LogP contribution in [0.15, 0.2) is 42.9 Å². The molecule has 2 N–H and O–H groups in total. The summed E-state index contributed by atoms with van der Waals surface area (Å²) < 4.78 is 26.3. The van der Waals surface area contributed by atoms with Gasteiger partial charge in [-0.1, -0.05) is 37.8 Å². The topological polar surface area (TPSA) is 107 Å². The molecule has 5 rings (SSSR count). The highest BCUT2D eigenvalue weighted by Crippen LogP contribution is 2.42. The van der Waals surface area contributed by atoms with Crippen LogP contribution in [0.25, 0.3) is 33.1 Å². The predicted molar refractivity (Wildman–Crippen MR) is 147 cm³/mol.